The normalized spacial score (nSPS) is 11.0. The lowest BCUT2D eigenvalue weighted by atomic mass is 10.1. The summed E-state index contributed by atoms with van der Waals surface area (Å²) in [5.41, 5.74) is 1.34. The van der Waals surface area contributed by atoms with E-state index in [1.807, 2.05) is 0 Å². The largest absolute Gasteiger partial charge is 0.304 e. The molecule has 0 aliphatic rings. The first-order valence-corrected chi connectivity index (χ1v) is 8.90. The van der Waals surface area contributed by atoms with Crippen LogP contribution < -0.4 is 0 Å². The molecule has 22 heavy (non-hydrogen) atoms. The molecule has 0 saturated heterocycles. The maximum absolute atomic E-state index is 5.37. The first kappa shape index (κ1) is 16.9. The van der Waals surface area contributed by atoms with Gasteiger partial charge in [0.2, 0.25) is 0 Å². The van der Waals surface area contributed by atoms with Gasteiger partial charge in [-0.3, -0.25) is 5.10 Å². The van der Waals surface area contributed by atoms with E-state index in [9.17, 15) is 0 Å². The molecular weight excluding hydrogens is 290 g/mol. The van der Waals surface area contributed by atoms with E-state index in [1.165, 1.54) is 44.1 Å². The summed E-state index contributed by atoms with van der Waals surface area (Å²) < 4.78 is 2.91. The van der Waals surface area contributed by atoms with Gasteiger partial charge in [-0.15, -0.1) is 0 Å². The summed E-state index contributed by atoms with van der Waals surface area (Å²) in [6.45, 7) is 3.16. The predicted molar refractivity (Wildman–Crippen MR) is 94.6 cm³/mol. The highest BCUT2D eigenvalue weighted by Gasteiger charge is 2.06. The van der Waals surface area contributed by atoms with Crippen LogP contribution in [0.2, 0.25) is 0 Å². The molecule has 3 nitrogen and oxygen atoms in total. The molecule has 2 rings (SSSR count). The maximum atomic E-state index is 5.37. The average Bonchev–Trinajstić information content (AvgIpc) is 2.90. The van der Waals surface area contributed by atoms with Gasteiger partial charge in [0, 0.05) is 13.0 Å². The van der Waals surface area contributed by atoms with Crippen molar-refractivity contribution in [3.05, 3.63) is 46.5 Å². The summed E-state index contributed by atoms with van der Waals surface area (Å²) in [5.74, 6) is 1.11. The fraction of sp³-hybridized carbons (Fsp3) is 0.556. The molecule has 120 valence electrons. The number of hydrogen-bond acceptors (Lipinski definition) is 2. The minimum atomic E-state index is 0.747. The molecule has 0 unspecified atom stereocenters. The van der Waals surface area contributed by atoms with Crippen molar-refractivity contribution in [1.29, 1.82) is 0 Å². The molecule has 1 heterocycles. The van der Waals surface area contributed by atoms with Crippen LogP contribution in [0.25, 0.3) is 0 Å². The molecule has 0 fully saturated rings. The zero-order valence-electron chi connectivity index (χ0n) is 13.6. The molecule has 0 aliphatic heterocycles. The van der Waals surface area contributed by atoms with Crippen LogP contribution in [-0.4, -0.2) is 14.8 Å². The summed E-state index contributed by atoms with van der Waals surface area (Å²) in [7, 11) is 0. The van der Waals surface area contributed by atoms with Crippen molar-refractivity contribution in [2.24, 2.45) is 0 Å². The second kappa shape index (κ2) is 9.57. The second-order valence-electron chi connectivity index (χ2n) is 5.85. The van der Waals surface area contributed by atoms with E-state index in [2.05, 4.69) is 52.0 Å². The van der Waals surface area contributed by atoms with Crippen LogP contribution in [0.5, 0.6) is 0 Å². The van der Waals surface area contributed by atoms with Gasteiger partial charge in [-0.1, -0.05) is 69.4 Å². The molecule has 2 aromatic rings. The number of unbranched alkanes of at least 4 members (excludes halogenated alkanes) is 5. The van der Waals surface area contributed by atoms with Crippen LogP contribution in [0.4, 0.5) is 0 Å². The minimum absolute atomic E-state index is 0.747. The Hall–Kier alpha value is -1.42. The SMILES string of the molecule is CCCCCCCCc1n[nH]c(=S)n1CCc1ccccc1. The molecule has 0 radical (unpaired) electrons. The van der Waals surface area contributed by atoms with E-state index in [4.69, 9.17) is 12.2 Å². The molecule has 4 heteroatoms. The molecule has 0 saturated carbocycles. The summed E-state index contributed by atoms with van der Waals surface area (Å²) in [6, 6.07) is 10.5. The highest BCUT2D eigenvalue weighted by Crippen LogP contribution is 2.10. The van der Waals surface area contributed by atoms with Gasteiger partial charge >= 0.3 is 0 Å². The highest BCUT2D eigenvalue weighted by molar-refractivity contribution is 7.71. The lowest BCUT2D eigenvalue weighted by Crippen LogP contribution is -2.07. The highest BCUT2D eigenvalue weighted by atomic mass is 32.1. The minimum Gasteiger partial charge on any atom is -0.304 e. The Morgan fingerprint density at radius 3 is 2.50 bits per heavy atom. The number of aryl methyl sites for hydroxylation is 2. The van der Waals surface area contributed by atoms with Gasteiger partial charge in [-0.2, -0.15) is 5.10 Å². The second-order valence-corrected chi connectivity index (χ2v) is 6.24. The van der Waals surface area contributed by atoms with Crippen molar-refractivity contribution in [3.63, 3.8) is 0 Å². The standard InChI is InChI=1S/C18H27N3S/c1-2-3-4-5-6-10-13-17-19-20-18(22)21(17)15-14-16-11-8-7-9-12-16/h7-9,11-12H,2-6,10,13-15H2,1H3,(H,20,22). The summed E-state index contributed by atoms with van der Waals surface area (Å²) in [6.07, 6.45) is 9.87. The average molecular weight is 318 g/mol. The maximum Gasteiger partial charge on any atom is 0.195 e. The van der Waals surface area contributed by atoms with Gasteiger partial charge in [-0.25, -0.2) is 0 Å². The molecule has 0 spiro atoms. The van der Waals surface area contributed by atoms with Gasteiger partial charge in [0.1, 0.15) is 5.82 Å². The van der Waals surface area contributed by atoms with Crippen LogP contribution in [-0.2, 0) is 19.4 Å². The summed E-state index contributed by atoms with van der Waals surface area (Å²) in [5, 5.41) is 7.36. The Kier molecular flexibility index (Phi) is 7.37. The van der Waals surface area contributed by atoms with Crippen molar-refractivity contribution < 1.29 is 0 Å². The topological polar surface area (TPSA) is 33.6 Å². The smallest absolute Gasteiger partial charge is 0.195 e. The number of benzene rings is 1. The lowest BCUT2D eigenvalue weighted by molar-refractivity contribution is 0.579. The third kappa shape index (κ3) is 5.41. The van der Waals surface area contributed by atoms with Crippen LogP contribution in [0, 0.1) is 4.77 Å². The van der Waals surface area contributed by atoms with Crippen LogP contribution >= 0.6 is 12.2 Å². The number of nitrogens with zero attached hydrogens (tertiary/aromatic N) is 2. The number of hydrogen-bond donors (Lipinski definition) is 1. The number of H-pyrrole nitrogens is 1. The number of aromatic nitrogens is 3. The van der Waals surface area contributed by atoms with E-state index < -0.39 is 0 Å². The van der Waals surface area contributed by atoms with Crippen LogP contribution in [0.15, 0.2) is 30.3 Å². The van der Waals surface area contributed by atoms with Crippen LogP contribution in [0.1, 0.15) is 56.8 Å². The van der Waals surface area contributed by atoms with Crippen molar-refractivity contribution in [2.75, 3.05) is 0 Å². The van der Waals surface area contributed by atoms with E-state index in [0.717, 1.165) is 30.0 Å². The molecule has 0 atom stereocenters. The quantitative estimate of drug-likeness (QED) is 0.489. The zero-order chi connectivity index (χ0) is 15.6. The van der Waals surface area contributed by atoms with E-state index in [1.54, 1.807) is 0 Å². The Balaban J connectivity index is 1.81. The van der Waals surface area contributed by atoms with Gasteiger partial charge in [0.25, 0.3) is 0 Å². The van der Waals surface area contributed by atoms with Gasteiger partial charge < -0.3 is 4.57 Å². The fourth-order valence-electron chi connectivity index (χ4n) is 2.72. The Labute approximate surface area is 138 Å². The van der Waals surface area contributed by atoms with Gasteiger partial charge in [0.05, 0.1) is 0 Å². The third-order valence-corrected chi connectivity index (χ3v) is 4.37. The molecule has 0 bridgehead atoms. The molecule has 1 N–H and O–H groups in total. The monoisotopic (exact) mass is 317 g/mol. The molecule has 0 amide bonds. The van der Waals surface area contributed by atoms with Crippen molar-refractivity contribution in [1.82, 2.24) is 14.8 Å². The lowest BCUT2D eigenvalue weighted by Gasteiger charge is -2.07. The summed E-state index contributed by atoms with van der Waals surface area (Å²) in [4.78, 5) is 0. The first-order chi connectivity index (χ1) is 10.8. The third-order valence-electron chi connectivity index (χ3n) is 4.06. The van der Waals surface area contributed by atoms with E-state index in [0.29, 0.717) is 0 Å². The zero-order valence-corrected chi connectivity index (χ0v) is 14.4. The van der Waals surface area contributed by atoms with Crippen molar-refractivity contribution >= 4 is 12.2 Å². The molecule has 0 aliphatic carbocycles. The fourth-order valence-corrected chi connectivity index (χ4v) is 2.96. The van der Waals surface area contributed by atoms with Gasteiger partial charge in [0.15, 0.2) is 4.77 Å². The Bertz CT molecular complexity index is 586. The number of rotatable bonds is 10. The number of aromatic amines is 1. The van der Waals surface area contributed by atoms with Crippen molar-refractivity contribution in [2.45, 2.75) is 64.8 Å². The van der Waals surface area contributed by atoms with E-state index >= 15 is 0 Å². The molecular formula is C18H27N3S. The molecule has 1 aromatic carbocycles. The number of nitrogens with one attached hydrogen (secondary N) is 1. The van der Waals surface area contributed by atoms with Crippen molar-refractivity contribution in [3.8, 4) is 0 Å². The Morgan fingerprint density at radius 2 is 1.73 bits per heavy atom. The predicted octanol–water partition coefficient (Wildman–Crippen LogP) is 5.09. The van der Waals surface area contributed by atoms with Crippen LogP contribution in [0.3, 0.4) is 0 Å². The van der Waals surface area contributed by atoms with E-state index in [-0.39, 0.29) is 0 Å². The van der Waals surface area contributed by atoms with Gasteiger partial charge in [-0.05, 0) is 30.6 Å². The summed E-state index contributed by atoms with van der Waals surface area (Å²) >= 11 is 5.37. The molecule has 1 aromatic heterocycles. The first-order valence-electron chi connectivity index (χ1n) is 8.49. The Morgan fingerprint density at radius 1 is 1.00 bits per heavy atom.